The van der Waals surface area contributed by atoms with Crippen molar-refractivity contribution in [2.45, 2.75) is 63.5 Å². The number of carbonyl (C=O) groups excluding carboxylic acids is 1. The molecule has 1 aromatic carbocycles. The van der Waals surface area contributed by atoms with Gasteiger partial charge in [-0.1, -0.05) is 25.0 Å². The van der Waals surface area contributed by atoms with E-state index in [1.165, 1.54) is 31.4 Å². The largest absolute Gasteiger partial charge is 0.339 e. The van der Waals surface area contributed by atoms with Crippen LogP contribution in [0.4, 0.5) is 4.39 Å². The lowest BCUT2D eigenvalue weighted by atomic mass is 10.1. The van der Waals surface area contributed by atoms with Crippen molar-refractivity contribution in [2.24, 2.45) is 0 Å². The summed E-state index contributed by atoms with van der Waals surface area (Å²) in [6, 6.07) is 7.41. The molecule has 1 aliphatic heterocycles. The molecule has 1 N–H and O–H groups in total. The lowest BCUT2D eigenvalue weighted by Gasteiger charge is -2.30. The van der Waals surface area contributed by atoms with Crippen LogP contribution in [-0.2, 0) is 11.2 Å². The van der Waals surface area contributed by atoms with Crippen LogP contribution in [0.3, 0.4) is 0 Å². The van der Waals surface area contributed by atoms with E-state index < -0.39 is 0 Å². The monoisotopic (exact) mass is 354 g/mol. The van der Waals surface area contributed by atoms with Gasteiger partial charge in [0.2, 0.25) is 5.91 Å². The summed E-state index contributed by atoms with van der Waals surface area (Å²) in [6.07, 6.45) is 8.44. The Balaban J connectivity index is 0.00000208. The molecule has 1 aliphatic carbocycles. The molecule has 2 fully saturated rings. The van der Waals surface area contributed by atoms with Crippen molar-refractivity contribution in [2.75, 3.05) is 13.1 Å². The zero-order chi connectivity index (χ0) is 16.1. The Morgan fingerprint density at radius 2 is 1.83 bits per heavy atom. The van der Waals surface area contributed by atoms with Gasteiger partial charge in [0.1, 0.15) is 5.82 Å². The maximum absolute atomic E-state index is 13.0. The average Bonchev–Trinajstić information content (AvgIpc) is 3.23. The van der Waals surface area contributed by atoms with Gasteiger partial charge in [-0.3, -0.25) is 4.79 Å². The third-order valence-corrected chi connectivity index (χ3v) is 5.22. The Labute approximate surface area is 150 Å². The van der Waals surface area contributed by atoms with Crippen molar-refractivity contribution >= 4 is 18.3 Å². The predicted molar refractivity (Wildman–Crippen MR) is 97.0 cm³/mol. The van der Waals surface area contributed by atoms with Crippen molar-refractivity contribution in [1.82, 2.24) is 10.2 Å². The van der Waals surface area contributed by atoms with Crippen molar-refractivity contribution in [1.29, 1.82) is 0 Å². The highest BCUT2D eigenvalue weighted by atomic mass is 35.5. The Hall–Kier alpha value is -1.13. The number of rotatable bonds is 6. The van der Waals surface area contributed by atoms with Crippen LogP contribution in [-0.4, -0.2) is 36.0 Å². The van der Waals surface area contributed by atoms with Crippen LogP contribution in [0.15, 0.2) is 24.3 Å². The first kappa shape index (κ1) is 19.2. The second-order valence-corrected chi connectivity index (χ2v) is 6.90. The second kappa shape index (κ2) is 9.38. The minimum Gasteiger partial charge on any atom is -0.339 e. The van der Waals surface area contributed by atoms with Gasteiger partial charge in [0.25, 0.3) is 0 Å². The minimum atomic E-state index is -0.204. The number of hydrogen-bond donors (Lipinski definition) is 1. The summed E-state index contributed by atoms with van der Waals surface area (Å²) in [6.45, 7) is 1.79. The molecule has 1 aromatic rings. The van der Waals surface area contributed by atoms with E-state index in [0.29, 0.717) is 24.4 Å². The van der Waals surface area contributed by atoms with Gasteiger partial charge >= 0.3 is 0 Å². The molecule has 0 radical (unpaired) electrons. The number of halogens is 2. The molecule has 1 unspecified atom stereocenters. The van der Waals surface area contributed by atoms with Gasteiger partial charge in [-0.15, -0.1) is 12.4 Å². The molecule has 1 heterocycles. The van der Waals surface area contributed by atoms with E-state index in [1.807, 2.05) is 12.1 Å². The molecule has 24 heavy (non-hydrogen) atoms. The predicted octanol–water partition coefficient (Wildman–Crippen LogP) is 3.70. The molecule has 3 rings (SSSR count). The Bertz CT molecular complexity index is 511. The first-order valence-corrected chi connectivity index (χ1v) is 8.99. The van der Waals surface area contributed by atoms with Gasteiger partial charge in [0.15, 0.2) is 0 Å². The molecule has 5 heteroatoms. The number of nitrogens with one attached hydrogen (secondary N) is 1. The van der Waals surface area contributed by atoms with Crippen LogP contribution >= 0.6 is 12.4 Å². The zero-order valence-electron chi connectivity index (χ0n) is 14.2. The lowest BCUT2D eigenvalue weighted by Crippen LogP contribution is -2.42. The highest BCUT2D eigenvalue weighted by molar-refractivity contribution is 5.85. The molecule has 2 aliphatic rings. The Morgan fingerprint density at radius 3 is 2.46 bits per heavy atom. The van der Waals surface area contributed by atoms with Gasteiger partial charge < -0.3 is 10.2 Å². The third-order valence-electron chi connectivity index (χ3n) is 5.22. The summed E-state index contributed by atoms with van der Waals surface area (Å²) in [5.41, 5.74) is 1.10. The van der Waals surface area contributed by atoms with E-state index in [2.05, 4.69) is 10.2 Å². The molecule has 1 saturated carbocycles. The van der Waals surface area contributed by atoms with Crippen molar-refractivity contribution in [3.63, 3.8) is 0 Å². The first-order valence-electron chi connectivity index (χ1n) is 8.99. The summed E-state index contributed by atoms with van der Waals surface area (Å²) in [4.78, 5) is 14.9. The number of amides is 1. The van der Waals surface area contributed by atoms with E-state index in [9.17, 15) is 9.18 Å². The van der Waals surface area contributed by atoms with Gasteiger partial charge in [0, 0.05) is 25.0 Å². The van der Waals surface area contributed by atoms with Crippen LogP contribution in [0.2, 0.25) is 0 Å². The van der Waals surface area contributed by atoms with Gasteiger partial charge in [-0.2, -0.15) is 0 Å². The molecule has 1 atom stereocenters. The topological polar surface area (TPSA) is 32.3 Å². The molecule has 0 spiro atoms. The van der Waals surface area contributed by atoms with Crippen LogP contribution in [0.5, 0.6) is 0 Å². The maximum Gasteiger partial charge on any atom is 0.224 e. The van der Waals surface area contributed by atoms with E-state index >= 15 is 0 Å². The standard InChI is InChI=1S/C19H27FN2O.ClH/c20-16-9-7-15(8-10-16)11-13-22(18-5-1-2-6-18)19(23)14-17-4-3-12-21-17;/h7-10,17-18,21H,1-6,11-14H2;1H. The smallest absolute Gasteiger partial charge is 0.224 e. The molecule has 1 saturated heterocycles. The summed E-state index contributed by atoms with van der Waals surface area (Å²) in [5.74, 6) is 0.0863. The SMILES string of the molecule is Cl.O=C(CC1CCCN1)N(CCc1ccc(F)cc1)C1CCCC1. The van der Waals surface area contributed by atoms with Crippen molar-refractivity contribution < 1.29 is 9.18 Å². The normalized spacial score (nSPS) is 20.8. The highest BCUT2D eigenvalue weighted by Gasteiger charge is 2.28. The molecule has 0 bridgehead atoms. The summed E-state index contributed by atoms with van der Waals surface area (Å²) >= 11 is 0. The summed E-state index contributed by atoms with van der Waals surface area (Å²) < 4.78 is 13.0. The van der Waals surface area contributed by atoms with Crippen LogP contribution < -0.4 is 5.32 Å². The highest BCUT2D eigenvalue weighted by Crippen LogP contribution is 2.25. The summed E-state index contributed by atoms with van der Waals surface area (Å²) in [7, 11) is 0. The maximum atomic E-state index is 13.0. The molecule has 3 nitrogen and oxygen atoms in total. The average molecular weight is 355 g/mol. The van der Waals surface area contributed by atoms with E-state index in [-0.39, 0.29) is 18.2 Å². The molecular weight excluding hydrogens is 327 g/mol. The fourth-order valence-corrected chi connectivity index (χ4v) is 3.89. The molecule has 1 amide bonds. The number of carbonyl (C=O) groups is 1. The quantitative estimate of drug-likeness (QED) is 0.844. The second-order valence-electron chi connectivity index (χ2n) is 6.90. The van der Waals surface area contributed by atoms with E-state index in [4.69, 9.17) is 0 Å². The van der Waals surface area contributed by atoms with Crippen LogP contribution in [0, 0.1) is 5.82 Å². The fraction of sp³-hybridized carbons (Fsp3) is 0.632. The molecular formula is C19H28ClFN2O. The first-order chi connectivity index (χ1) is 11.2. The van der Waals surface area contributed by atoms with Crippen LogP contribution in [0.25, 0.3) is 0 Å². The lowest BCUT2D eigenvalue weighted by molar-refractivity contribution is -0.133. The number of hydrogen-bond acceptors (Lipinski definition) is 2. The van der Waals surface area contributed by atoms with Crippen LogP contribution in [0.1, 0.15) is 50.5 Å². The Kier molecular flexibility index (Phi) is 7.50. The van der Waals surface area contributed by atoms with Gasteiger partial charge in [-0.05, 0) is 56.3 Å². The summed E-state index contributed by atoms with van der Waals surface area (Å²) in [5, 5.41) is 3.42. The van der Waals surface area contributed by atoms with Crippen molar-refractivity contribution in [3.05, 3.63) is 35.6 Å². The third kappa shape index (κ3) is 5.18. The van der Waals surface area contributed by atoms with E-state index in [0.717, 1.165) is 44.3 Å². The molecule has 0 aromatic heterocycles. The van der Waals surface area contributed by atoms with Gasteiger partial charge in [0.05, 0.1) is 0 Å². The molecule has 134 valence electrons. The number of benzene rings is 1. The fourth-order valence-electron chi connectivity index (χ4n) is 3.89. The minimum absolute atomic E-state index is 0. The Morgan fingerprint density at radius 1 is 1.12 bits per heavy atom. The van der Waals surface area contributed by atoms with Crippen molar-refractivity contribution in [3.8, 4) is 0 Å². The number of nitrogens with zero attached hydrogens (tertiary/aromatic N) is 1. The van der Waals surface area contributed by atoms with Gasteiger partial charge in [-0.25, -0.2) is 4.39 Å². The zero-order valence-corrected chi connectivity index (χ0v) is 15.0. The van der Waals surface area contributed by atoms with E-state index in [1.54, 1.807) is 0 Å².